The van der Waals surface area contributed by atoms with Crippen LogP contribution in [-0.4, -0.2) is 24.7 Å². The van der Waals surface area contributed by atoms with E-state index in [1.54, 1.807) is 0 Å². The number of nitrogens with one attached hydrogen (secondary N) is 2. The molecule has 2 fully saturated rings. The largest absolute Gasteiger partial charge is 0.314 e. The molecule has 0 amide bonds. The van der Waals surface area contributed by atoms with Crippen LogP contribution in [0, 0.1) is 5.92 Å². The third-order valence-electron chi connectivity index (χ3n) is 4.52. The summed E-state index contributed by atoms with van der Waals surface area (Å²) in [5, 5.41) is 7.54. The van der Waals surface area contributed by atoms with Gasteiger partial charge in [-0.15, -0.1) is 0 Å². The first-order valence-corrected chi connectivity index (χ1v) is 7.73. The summed E-state index contributed by atoms with van der Waals surface area (Å²) in [5.41, 5.74) is 0. The molecular weight excluding hydrogens is 208 g/mol. The van der Waals surface area contributed by atoms with Crippen molar-refractivity contribution in [2.24, 2.45) is 5.92 Å². The highest BCUT2D eigenvalue weighted by molar-refractivity contribution is 4.83. The van der Waals surface area contributed by atoms with Crippen LogP contribution in [0.5, 0.6) is 0 Å². The predicted molar refractivity (Wildman–Crippen MR) is 74.3 cm³/mol. The Morgan fingerprint density at radius 2 is 2.06 bits per heavy atom. The lowest BCUT2D eigenvalue weighted by atomic mass is 10.0. The molecule has 2 N–H and O–H groups in total. The second kappa shape index (κ2) is 6.75. The topological polar surface area (TPSA) is 24.1 Å². The van der Waals surface area contributed by atoms with Crippen molar-refractivity contribution in [1.29, 1.82) is 0 Å². The summed E-state index contributed by atoms with van der Waals surface area (Å²) in [7, 11) is 0. The molecule has 0 spiro atoms. The van der Waals surface area contributed by atoms with Crippen LogP contribution in [-0.2, 0) is 0 Å². The molecule has 1 heterocycles. The number of hydrogen-bond acceptors (Lipinski definition) is 2. The minimum absolute atomic E-state index is 0.681. The number of rotatable bonds is 4. The van der Waals surface area contributed by atoms with E-state index in [1.165, 1.54) is 57.9 Å². The lowest BCUT2D eigenvalue weighted by Crippen LogP contribution is -2.40. The zero-order valence-electron chi connectivity index (χ0n) is 11.7. The molecule has 1 saturated carbocycles. The summed E-state index contributed by atoms with van der Waals surface area (Å²) in [5.74, 6) is 0.940. The first-order valence-electron chi connectivity index (χ1n) is 7.73. The van der Waals surface area contributed by atoms with Crippen molar-refractivity contribution in [2.45, 2.75) is 83.3 Å². The van der Waals surface area contributed by atoms with E-state index >= 15 is 0 Å². The first kappa shape index (κ1) is 13.4. The zero-order valence-corrected chi connectivity index (χ0v) is 11.7. The number of hydrogen-bond donors (Lipinski definition) is 2. The van der Waals surface area contributed by atoms with Crippen LogP contribution in [0.3, 0.4) is 0 Å². The second-order valence-electron chi connectivity index (χ2n) is 6.42. The minimum Gasteiger partial charge on any atom is -0.314 e. The average Bonchev–Trinajstić information content (AvgIpc) is 2.53. The van der Waals surface area contributed by atoms with Crippen molar-refractivity contribution in [3.8, 4) is 0 Å². The van der Waals surface area contributed by atoms with Crippen molar-refractivity contribution >= 4 is 0 Å². The van der Waals surface area contributed by atoms with Gasteiger partial charge in [0.15, 0.2) is 0 Å². The van der Waals surface area contributed by atoms with Crippen molar-refractivity contribution in [2.75, 3.05) is 6.54 Å². The Balaban J connectivity index is 1.67. The normalized spacial score (nSPS) is 36.7. The molecule has 4 atom stereocenters. The SMILES string of the molecule is CC1CCC(NC(C)CC2CCCCCN2)C1. The van der Waals surface area contributed by atoms with Gasteiger partial charge in [0.2, 0.25) is 0 Å². The molecule has 2 rings (SSSR count). The van der Waals surface area contributed by atoms with Gasteiger partial charge in [-0.05, 0) is 57.9 Å². The first-order chi connectivity index (χ1) is 8.24. The molecule has 17 heavy (non-hydrogen) atoms. The fourth-order valence-corrected chi connectivity index (χ4v) is 3.56. The summed E-state index contributed by atoms with van der Waals surface area (Å²) in [4.78, 5) is 0. The lowest BCUT2D eigenvalue weighted by Gasteiger charge is -2.24. The van der Waals surface area contributed by atoms with E-state index in [9.17, 15) is 0 Å². The van der Waals surface area contributed by atoms with Crippen LogP contribution in [0.15, 0.2) is 0 Å². The smallest absolute Gasteiger partial charge is 0.00817 e. The van der Waals surface area contributed by atoms with Crippen molar-refractivity contribution in [3.05, 3.63) is 0 Å². The molecule has 2 nitrogen and oxygen atoms in total. The van der Waals surface area contributed by atoms with Gasteiger partial charge in [0.25, 0.3) is 0 Å². The summed E-state index contributed by atoms with van der Waals surface area (Å²) >= 11 is 0. The highest BCUT2D eigenvalue weighted by atomic mass is 15.0. The van der Waals surface area contributed by atoms with E-state index in [0.717, 1.165) is 18.0 Å². The molecule has 4 unspecified atom stereocenters. The summed E-state index contributed by atoms with van der Waals surface area (Å²) < 4.78 is 0. The molecule has 1 saturated heterocycles. The van der Waals surface area contributed by atoms with Gasteiger partial charge < -0.3 is 10.6 Å². The van der Waals surface area contributed by atoms with Crippen molar-refractivity contribution < 1.29 is 0 Å². The maximum atomic E-state index is 3.84. The molecule has 0 bridgehead atoms. The molecular formula is C15H30N2. The molecule has 100 valence electrons. The molecule has 0 aromatic carbocycles. The predicted octanol–water partition coefficient (Wildman–Crippen LogP) is 3.08. The summed E-state index contributed by atoms with van der Waals surface area (Å²) in [6, 6.07) is 2.24. The van der Waals surface area contributed by atoms with E-state index < -0.39 is 0 Å². The molecule has 0 aromatic rings. The summed E-state index contributed by atoms with van der Waals surface area (Å²) in [6.45, 7) is 5.99. The Kier molecular flexibility index (Phi) is 5.30. The van der Waals surface area contributed by atoms with Crippen LogP contribution in [0.1, 0.15) is 65.2 Å². The van der Waals surface area contributed by atoms with Crippen molar-refractivity contribution in [1.82, 2.24) is 10.6 Å². The van der Waals surface area contributed by atoms with Crippen LogP contribution < -0.4 is 10.6 Å². The Morgan fingerprint density at radius 1 is 1.18 bits per heavy atom. The highest BCUT2D eigenvalue weighted by Crippen LogP contribution is 2.25. The Labute approximate surface area is 107 Å². The van der Waals surface area contributed by atoms with E-state index in [1.807, 2.05) is 0 Å². The van der Waals surface area contributed by atoms with Gasteiger partial charge in [-0.1, -0.05) is 19.8 Å². The quantitative estimate of drug-likeness (QED) is 0.786. The van der Waals surface area contributed by atoms with Crippen LogP contribution in [0.25, 0.3) is 0 Å². The zero-order chi connectivity index (χ0) is 12.1. The van der Waals surface area contributed by atoms with Crippen LogP contribution in [0.4, 0.5) is 0 Å². The van der Waals surface area contributed by atoms with E-state index in [4.69, 9.17) is 0 Å². The van der Waals surface area contributed by atoms with E-state index in [0.29, 0.717) is 6.04 Å². The standard InChI is InChI=1S/C15H30N2/c1-12-7-8-15(10-12)17-13(2)11-14-6-4-3-5-9-16-14/h12-17H,3-11H2,1-2H3. The third-order valence-corrected chi connectivity index (χ3v) is 4.52. The van der Waals surface area contributed by atoms with Crippen LogP contribution >= 0.6 is 0 Å². The third kappa shape index (κ3) is 4.59. The molecule has 0 aromatic heterocycles. The Morgan fingerprint density at radius 3 is 2.82 bits per heavy atom. The second-order valence-corrected chi connectivity index (χ2v) is 6.42. The maximum absolute atomic E-state index is 3.84. The van der Waals surface area contributed by atoms with E-state index in [-0.39, 0.29) is 0 Å². The van der Waals surface area contributed by atoms with E-state index in [2.05, 4.69) is 24.5 Å². The average molecular weight is 238 g/mol. The molecule has 1 aliphatic carbocycles. The monoisotopic (exact) mass is 238 g/mol. The van der Waals surface area contributed by atoms with Gasteiger partial charge in [0, 0.05) is 18.1 Å². The van der Waals surface area contributed by atoms with Gasteiger partial charge in [0.1, 0.15) is 0 Å². The Bertz CT molecular complexity index is 209. The Hall–Kier alpha value is -0.0800. The van der Waals surface area contributed by atoms with Gasteiger partial charge in [-0.2, -0.15) is 0 Å². The van der Waals surface area contributed by atoms with Gasteiger partial charge in [-0.25, -0.2) is 0 Å². The fourth-order valence-electron chi connectivity index (χ4n) is 3.56. The van der Waals surface area contributed by atoms with Gasteiger partial charge in [-0.3, -0.25) is 0 Å². The summed E-state index contributed by atoms with van der Waals surface area (Å²) in [6.07, 6.45) is 11.1. The van der Waals surface area contributed by atoms with Gasteiger partial charge >= 0.3 is 0 Å². The fraction of sp³-hybridized carbons (Fsp3) is 1.00. The lowest BCUT2D eigenvalue weighted by molar-refractivity contribution is 0.367. The molecule has 1 aliphatic heterocycles. The van der Waals surface area contributed by atoms with Crippen LogP contribution in [0.2, 0.25) is 0 Å². The minimum atomic E-state index is 0.681. The van der Waals surface area contributed by atoms with Crippen molar-refractivity contribution in [3.63, 3.8) is 0 Å². The molecule has 0 radical (unpaired) electrons. The maximum Gasteiger partial charge on any atom is 0.00817 e. The molecule has 2 heteroatoms. The van der Waals surface area contributed by atoms with Gasteiger partial charge in [0.05, 0.1) is 0 Å². The highest BCUT2D eigenvalue weighted by Gasteiger charge is 2.23. The molecule has 2 aliphatic rings.